The Balaban J connectivity index is 2.75. The smallest absolute Gasteiger partial charge is 0.125 e. The van der Waals surface area contributed by atoms with Crippen LogP contribution in [0.5, 0.6) is 5.75 Å². The Bertz CT molecular complexity index is 310. The fourth-order valence-electron chi connectivity index (χ4n) is 1.35. The second kappa shape index (κ2) is 5.73. The third-order valence-electron chi connectivity index (χ3n) is 2.14. The number of hydrogen-bond donors (Lipinski definition) is 2. The summed E-state index contributed by atoms with van der Waals surface area (Å²) in [7, 11) is 1.86. The summed E-state index contributed by atoms with van der Waals surface area (Å²) in [6.07, 6.45) is 0.178. The van der Waals surface area contributed by atoms with Crippen LogP contribution in [0, 0.1) is 0 Å². The zero-order chi connectivity index (χ0) is 11.3. The van der Waals surface area contributed by atoms with E-state index < -0.39 is 0 Å². The molecule has 15 heavy (non-hydrogen) atoms. The Morgan fingerprint density at radius 2 is 2.00 bits per heavy atom. The van der Waals surface area contributed by atoms with Gasteiger partial charge in [0.15, 0.2) is 0 Å². The maximum atomic E-state index is 9.91. The van der Waals surface area contributed by atoms with Crippen LogP contribution in [0.1, 0.15) is 25.0 Å². The van der Waals surface area contributed by atoms with Crippen molar-refractivity contribution in [3.63, 3.8) is 0 Å². The van der Waals surface area contributed by atoms with Crippen LogP contribution >= 0.6 is 0 Å². The number of rotatable bonds is 5. The van der Waals surface area contributed by atoms with Crippen molar-refractivity contribution in [3.8, 4) is 5.75 Å². The third kappa shape index (κ3) is 3.53. The lowest BCUT2D eigenvalue weighted by Gasteiger charge is -2.11. The number of aromatic hydroxyl groups is 1. The number of nitrogens with one attached hydrogen (secondary N) is 1. The van der Waals surface area contributed by atoms with Gasteiger partial charge in [-0.15, -0.1) is 0 Å². The van der Waals surface area contributed by atoms with Gasteiger partial charge in [0.2, 0.25) is 0 Å². The summed E-state index contributed by atoms with van der Waals surface area (Å²) in [5.74, 6) is 0.340. The molecule has 3 nitrogen and oxygen atoms in total. The van der Waals surface area contributed by atoms with Gasteiger partial charge in [0, 0.05) is 17.7 Å². The molecule has 0 aliphatic rings. The van der Waals surface area contributed by atoms with Gasteiger partial charge >= 0.3 is 0 Å². The van der Waals surface area contributed by atoms with Crippen molar-refractivity contribution in [2.75, 3.05) is 7.05 Å². The Hall–Kier alpha value is -1.06. The normalized spacial score (nSPS) is 10.9. The lowest BCUT2D eigenvalue weighted by Crippen LogP contribution is -2.07. The number of ether oxygens (including phenoxy) is 1. The molecule has 0 saturated heterocycles. The van der Waals surface area contributed by atoms with E-state index >= 15 is 0 Å². The van der Waals surface area contributed by atoms with E-state index in [9.17, 15) is 5.11 Å². The van der Waals surface area contributed by atoms with Gasteiger partial charge in [0.05, 0.1) is 12.7 Å². The number of benzene rings is 1. The molecule has 0 aromatic heterocycles. The van der Waals surface area contributed by atoms with Crippen molar-refractivity contribution >= 4 is 0 Å². The molecular weight excluding hydrogens is 190 g/mol. The third-order valence-corrected chi connectivity index (χ3v) is 2.14. The monoisotopic (exact) mass is 209 g/mol. The summed E-state index contributed by atoms with van der Waals surface area (Å²) in [5.41, 5.74) is 1.75. The Morgan fingerprint density at radius 1 is 1.33 bits per heavy atom. The van der Waals surface area contributed by atoms with Crippen molar-refractivity contribution in [2.45, 2.75) is 33.1 Å². The minimum atomic E-state index is 0.178. The molecule has 0 atom stereocenters. The van der Waals surface area contributed by atoms with Crippen LogP contribution in [0.3, 0.4) is 0 Å². The predicted molar refractivity (Wildman–Crippen MR) is 60.8 cm³/mol. The van der Waals surface area contributed by atoms with Crippen molar-refractivity contribution in [1.82, 2.24) is 5.32 Å². The van der Waals surface area contributed by atoms with Crippen LogP contribution in [0.15, 0.2) is 18.2 Å². The van der Waals surface area contributed by atoms with Gasteiger partial charge in [0.25, 0.3) is 0 Å². The van der Waals surface area contributed by atoms with Crippen LogP contribution in [-0.4, -0.2) is 18.3 Å². The average Bonchev–Trinajstić information content (AvgIpc) is 2.19. The highest BCUT2D eigenvalue weighted by atomic mass is 16.5. The molecule has 0 unspecified atom stereocenters. The molecule has 0 radical (unpaired) electrons. The summed E-state index contributed by atoms with van der Waals surface area (Å²) in [6, 6.07) is 5.73. The van der Waals surface area contributed by atoms with Crippen LogP contribution in [-0.2, 0) is 17.9 Å². The van der Waals surface area contributed by atoms with Gasteiger partial charge < -0.3 is 15.2 Å². The quantitative estimate of drug-likeness (QED) is 0.779. The van der Waals surface area contributed by atoms with E-state index in [1.807, 2.05) is 39.1 Å². The number of hydrogen-bond acceptors (Lipinski definition) is 3. The molecule has 0 fully saturated rings. The fourth-order valence-corrected chi connectivity index (χ4v) is 1.35. The predicted octanol–water partition coefficient (Wildman–Crippen LogP) is 2.04. The first kappa shape index (κ1) is 12.0. The second-order valence-electron chi connectivity index (χ2n) is 3.81. The lowest BCUT2D eigenvalue weighted by atomic mass is 10.1. The van der Waals surface area contributed by atoms with Crippen LogP contribution in [0.25, 0.3) is 0 Å². The van der Waals surface area contributed by atoms with E-state index in [2.05, 4.69) is 5.32 Å². The number of phenols is 1. The topological polar surface area (TPSA) is 41.5 Å². The largest absolute Gasteiger partial charge is 0.507 e. The summed E-state index contributed by atoms with van der Waals surface area (Å²) in [5, 5.41) is 12.9. The Labute approximate surface area is 91.1 Å². The van der Waals surface area contributed by atoms with E-state index in [0.29, 0.717) is 18.9 Å². The highest BCUT2D eigenvalue weighted by Gasteiger charge is 2.06. The van der Waals surface area contributed by atoms with Gasteiger partial charge in [-0.3, -0.25) is 0 Å². The Kier molecular flexibility index (Phi) is 4.59. The average molecular weight is 209 g/mol. The first-order chi connectivity index (χ1) is 7.15. The Morgan fingerprint density at radius 3 is 2.60 bits per heavy atom. The lowest BCUT2D eigenvalue weighted by molar-refractivity contribution is 0.0644. The minimum absolute atomic E-state index is 0.178. The van der Waals surface area contributed by atoms with Gasteiger partial charge in [-0.25, -0.2) is 0 Å². The zero-order valence-corrected chi connectivity index (χ0v) is 9.58. The molecule has 1 aromatic rings. The first-order valence-corrected chi connectivity index (χ1v) is 5.21. The molecule has 3 heteroatoms. The van der Waals surface area contributed by atoms with E-state index in [1.165, 1.54) is 0 Å². The molecule has 0 spiro atoms. The maximum absolute atomic E-state index is 9.91. The van der Waals surface area contributed by atoms with Crippen molar-refractivity contribution in [3.05, 3.63) is 29.3 Å². The van der Waals surface area contributed by atoms with Crippen molar-refractivity contribution in [1.29, 1.82) is 0 Å². The molecule has 84 valence electrons. The first-order valence-electron chi connectivity index (χ1n) is 5.21. The van der Waals surface area contributed by atoms with Gasteiger partial charge in [0.1, 0.15) is 5.75 Å². The molecule has 0 heterocycles. The molecule has 0 aliphatic heterocycles. The summed E-state index contributed by atoms with van der Waals surface area (Å²) < 4.78 is 5.46. The van der Waals surface area contributed by atoms with Crippen LogP contribution in [0.4, 0.5) is 0 Å². The minimum Gasteiger partial charge on any atom is -0.507 e. The second-order valence-corrected chi connectivity index (χ2v) is 3.81. The van der Waals surface area contributed by atoms with E-state index in [-0.39, 0.29) is 6.10 Å². The van der Waals surface area contributed by atoms with Crippen molar-refractivity contribution in [2.24, 2.45) is 0 Å². The molecule has 2 N–H and O–H groups in total. The molecule has 1 rings (SSSR count). The molecule has 0 saturated carbocycles. The fraction of sp³-hybridized carbons (Fsp3) is 0.500. The summed E-state index contributed by atoms with van der Waals surface area (Å²) in [6.45, 7) is 5.09. The summed E-state index contributed by atoms with van der Waals surface area (Å²) in [4.78, 5) is 0. The molecular formula is C12H19NO2. The van der Waals surface area contributed by atoms with Crippen LogP contribution in [0.2, 0.25) is 0 Å². The maximum Gasteiger partial charge on any atom is 0.125 e. The number of phenolic OH excluding ortho intramolecular Hbond substituents is 1. The molecule has 0 bridgehead atoms. The van der Waals surface area contributed by atoms with Gasteiger partial charge in [-0.1, -0.05) is 18.2 Å². The highest BCUT2D eigenvalue weighted by Crippen LogP contribution is 2.23. The summed E-state index contributed by atoms with van der Waals surface area (Å²) >= 11 is 0. The zero-order valence-electron chi connectivity index (χ0n) is 9.58. The molecule has 0 aliphatic carbocycles. The standard InChI is InChI=1S/C12H19NO2/c1-9(2)15-8-11-6-4-5-10(7-13-3)12(11)14/h4-6,9,13-14H,7-8H2,1-3H3. The van der Waals surface area contributed by atoms with Crippen LogP contribution < -0.4 is 5.32 Å². The SMILES string of the molecule is CNCc1cccc(COC(C)C)c1O. The highest BCUT2D eigenvalue weighted by molar-refractivity contribution is 5.39. The van der Waals surface area contributed by atoms with E-state index in [0.717, 1.165) is 11.1 Å². The van der Waals surface area contributed by atoms with Crippen molar-refractivity contribution < 1.29 is 9.84 Å². The molecule has 1 aromatic carbocycles. The van der Waals surface area contributed by atoms with Gasteiger partial charge in [-0.05, 0) is 20.9 Å². The van der Waals surface area contributed by atoms with Gasteiger partial charge in [-0.2, -0.15) is 0 Å². The van der Waals surface area contributed by atoms with E-state index in [1.54, 1.807) is 0 Å². The molecule has 0 amide bonds. The van der Waals surface area contributed by atoms with E-state index in [4.69, 9.17) is 4.74 Å². The number of para-hydroxylation sites is 1.